The average molecular weight is 816 g/mol. The highest BCUT2D eigenvalue weighted by molar-refractivity contribution is 6.03. The van der Waals surface area contributed by atoms with Crippen molar-refractivity contribution in [3.63, 3.8) is 0 Å². The average Bonchev–Trinajstić information content (AvgIpc) is 3.26. The number of likely N-dealkylation sites (N-methyl/N-ethyl adjacent to an activating group) is 1. The van der Waals surface area contributed by atoms with Crippen LogP contribution >= 0.6 is 0 Å². The topological polar surface area (TPSA) is 158 Å². The Morgan fingerprint density at radius 3 is 2.56 bits per heavy atom. The van der Waals surface area contributed by atoms with E-state index < -0.39 is 36.2 Å². The van der Waals surface area contributed by atoms with Crippen LogP contribution in [0.2, 0.25) is 0 Å². The largest absolute Gasteiger partial charge is 0.459 e. The molecule has 3 N–H and O–H groups in total. The SMILES string of the molecule is C=CCCOC(=O)N(C)[C@H]1CC(=NOC2CCCCO2)C2=C[C@H](CCCCO)[C@@H](CCCCO)[C@@H]3c4cc(OC(=O)NCc5ccccc5)ccc4O[C@@]1(OCC=C)[C@H]23. The lowest BCUT2D eigenvalue weighted by Gasteiger charge is -2.59. The molecule has 13 heteroatoms. The van der Waals surface area contributed by atoms with E-state index >= 15 is 0 Å². The Kier molecular flexibility index (Phi) is 16.0. The van der Waals surface area contributed by atoms with Gasteiger partial charge < -0.3 is 49.0 Å². The lowest BCUT2D eigenvalue weighted by atomic mass is 9.55. The second-order valence-corrected chi connectivity index (χ2v) is 15.7. The maximum atomic E-state index is 13.9. The van der Waals surface area contributed by atoms with Gasteiger partial charge in [-0.2, -0.15) is 0 Å². The second-order valence-electron chi connectivity index (χ2n) is 15.7. The van der Waals surface area contributed by atoms with Gasteiger partial charge in [-0.1, -0.05) is 66.6 Å². The van der Waals surface area contributed by atoms with Crippen molar-refractivity contribution in [2.75, 3.05) is 40.1 Å². The van der Waals surface area contributed by atoms with Gasteiger partial charge in [-0.25, -0.2) is 9.59 Å². The maximum Gasteiger partial charge on any atom is 0.412 e. The molecule has 2 amide bonds. The summed E-state index contributed by atoms with van der Waals surface area (Å²) in [5, 5.41) is 27.4. The third kappa shape index (κ3) is 10.6. The van der Waals surface area contributed by atoms with Crippen molar-refractivity contribution in [1.82, 2.24) is 10.2 Å². The number of carbonyl (C=O) groups excluding carboxylic acids is 2. The molecule has 2 heterocycles. The number of benzene rings is 2. The van der Waals surface area contributed by atoms with Crippen LogP contribution < -0.4 is 14.8 Å². The van der Waals surface area contributed by atoms with Crippen LogP contribution in [0, 0.1) is 17.8 Å². The summed E-state index contributed by atoms with van der Waals surface area (Å²) >= 11 is 0. The fraction of sp³-hybridized carbons (Fsp3) is 0.543. The molecule has 2 aromatic rings. The molecule has 59 heavy (non-hydrogen) atoms. The fourth-order valence-electron chi connectivity index (χ4n) is 9.08. The van der Waals surface area contributed by atoms with Crippen LogP contribution in [0.1, 0.15) is 87.7 Å². The van der Waals surface area contributed by atoms with Crippen molar-refractivity contribution >= 4 is 17.9 Å². The van der Waals surface area contributed by atoms with Gasteiger partial charge in [0.2, 0.25) is 12.1 Å². The van der Waals surface area contributed by atoms with E-state index in [4.69, 9.17) is 33.7 Å². The first-order chi connectivity index (χ1) is 28.8. The molecule has 7 atom stereocenters. The second kappa shape index (κ2) is 21.5. The number of rotatable bonds is 20. The summed E-state index contributed by atoms with van der Waals surface area (Å²) in [5.41, 5.74) is 3.32. The monoisotopic (exact) mass is 815 g/mol. The van der Waals surface area contributed by atoms with Crippen LogP contribution in [0.4, 0.5) is 9.59 Å². The highest BCUT2D eigenvalue weighted by atomic mass is 16.8. The first kappa shape index (κ1) is 43.9. The molecule has 0 aromatic heterocycles. The number of aliphatic hydroxyl groups is 2. The molecule has 13 nitrogen and oxygen atoms in total. The Hall–Kier alpha value is -4.69. The molecular weight excluding hydrogens is 755 g/mol. The Balaban J connectivity index is 1.49. The Labute approximate surface area is 348 Å². The third-order valence-electron chi connectivity index (χ3n) is 11.9. The lowest BCUT2D eigenvalue weighted by Crippen LogP contribution is -2.69. The molecule has 2 aliphatic heterocycles. The zero-order valence-corrected chi connectivity index (χ0v) is 34.3. The van der Waals surface area contributed by atoms with Crippen LogP contribution in [-0.2, 0) is 25.6 Å². The number of nitrogens with one attached hydrogen (secondary N) is 1. The zero-order valence-electron chi connectivity index (χ0n) is 34.3. The smallest absolute Gasteiger partial charge is 0.412 e. The van der Waals surface area contributed by atoms with E-state index in [1.165, 1.54) is 0 Å². The van der Waals surface area contributed by atoms with Gasteiger partial charge in [0.05, 0.1) is 31.5 Å². The van der Waals surface area contributed by atoms with Gasteiger partial charge in [-0.3, -0.25) is 0 Å². The molecule has 4 aliphatic rings. The summed E-state index contributed by atoms with van der Waals surface area (Å²) in [6, 6.07) is 14.3. The first-order valence-electron chi connectivity index (χ1n) is 21.2. The minimum Gasteiger partial charge on any atom is -0.459 e. The van der Waals surface area contributed by atoms with E-state index in [1.807, 2.05) is 36.4 Å². The van der Waals surface area contributed by atoms with Gasteiger partial charge in [0.15, 0.2) is 0 Å². The van der Waals surface area contributed by atoms with Gasteiger partial charge in [0, 0.05) is 51.1 Å². The van der Waals surface area contributed by atoms with Crippen molar-refractivity contribution < 1.29 is 48.3 Å². The number of oxime groups is 1. The third-order valence-corrected chi connectivity index (χ3v) is 11.9. The number of aliphatic hydroxyl groups excluding tert-OH is 2. The summed E-state index contributed by atoms with van der Waals surface area (Å²) in [4.78, 5) is 34.8. The summed E-state index contributed by atoms with van der Waals surface area (Å²) in [6.07, 6.45) is 11.8. The Morgan fingerprint density at radius 1 is 1.03 bits per heavy atom. The fourth-order valence-corrected chi connectivity index (χ4v) is 9.08. The highest BCUT2D eigenvalue weighted by Gasteiger charge is 2.65. The highest BCUT2D eigenvalue weighted by Crippen LogP contribution is 2.61. The molecule has 2 aliphatic carbocycles. The summed E-state index contributed by atoms with van der Waals surface area (Å²) in [5.74, 6) is -1.33. The molecule has 1 saturated carbocycles. The molecular formula is C46H61N3O10. The van der Waals surface area contributed by atoms with Gasteiger partial charge in [-0.15, -0.1) is 13.2 Å². The molecule has 2 fully saturated rings. The van der Waals surface area contributed by atoms with Crippen LogP contribution in [0.3, 0.4) is 0 Å². The van der Waals surface area contributed by atoms with Gasteiger partial charge in [0.25, 0.3) is 0 Å². The number of ether oxygens (including phenoxy) is 5. The number of unbranched alkanes of at least 4 members (excludes halogenated alkanes) is 2. The molecule has 0 bridgehead atoms. The molecule has 2 aromatic carbocycles. The Bertz CT molecular complexity index is 1780. The van der Waals surface area contributed by atoms with E-state index in [9.17, 15) is 19.8 Å². The van der Waals surface area contributed by atoms with Gasteiger partial charge in [-0.05, 0) is 86.1 Å². The lowest BCUT2D eigenvalue weighted by molar-refractivity contribution is -0.254. The van der Waals surface area contributed by atoms with Crippen molar-refractivity contribution in [2.24, 2.45) is 22.9 Å². The molecule has 1 saturated heterocycles. The molecule has 0 spiro atoms. The number of amides is 2. The van der Waals surface area contributed by atoms with Crippen LogP contribution in [0.15, 0.2) is 90.6 Å². The van der Waals surface area contributed by atoms with E-state index in [0.717, 1.165) is 55.2 Å². The number of carbonyl (C=O) groups is 2. The van der Waals surface area contributed by atoms with Crippen molar-refractivity contribution in [3.8, 4) is 11.5 Å². The van der Waals surface area contributed by atoms with E-state index in [0.29, 0.717) is 56.0 Å². The molecule has 320 valence electrons. The van der Waals surface area contributed by atoms with Gasteiger partial charge in [0.1, 0.15) is 17.5 Å². The van der Waals surface area contributed by atoms with E-state index in [-0.39, 0.29) is 50.6 Å². The summed E-state index contributed by atoms with van der Waals surface area (Å²) < 4.78 is 31.6. The number of nitrogens with zero attached hydrogens (tertiary/aromatic N) is 2. The number of hydrogen-bond donors (Lipinski definition) is 3. The van der Waals surface area contributed by atoms with E-state index in [2.05, 4.69) is 24.6 Å². The zero-order chi connectivity index (χ0) is 41.6. The minimum atomic E-state index is -1.44. The van der Waals surface area contributed by atoms with Crippen LogP contribution in [0.5, 0.6) is 11.5 Å². The predicted octanol–water partition coefficient (Wildman–Crippen LogP) is 7.78. The normalized spacial score (nSPS) is 26.3. The standard InChI is InChI=1S/C46H61N3O10/c1-4-6-26-55-45(53)49(3)40-30-38(48-59-41-20-12-15-27-54-41)36-28-33(18-10-13-23-50)35(19-11-14-24-51)42-37-29-34(57-44(52)47-31-32-16-8-7-9-17-32)21-22-39(37)58-46(40,43(36)42)56-25-5-2/h4-5,7-9,16-17,21-22,28-29,33,35,40-43,50-51H,1-2,6,10-15,18-20,23-27,30-31H2,3H3,(H,47,52)/t33-,35+,40-,41?,42+,43+,46+/m0/s1. The van der Waals surface area contributed by atoms with Crippen molar-refractivity contribution in [2.45, 2.75) is 101 Å². The Morgan fingerprint density at radius 2 is 1.83 bits per heavy atom. The van der Waals surface area contributed by atoms with E-state index in [1.54, 1.807) is 36.2 Å². The van der Waals surface area contributed by atoms with Crippen LogP contribution in [0.25, 0.3) is 0 Å². The van der Waals surface area contributed by atoms with Crippen LogP contribution in [-0.4, -0.2) is 91.2 Å². The van der Waals surface area contributed by atoms with Crippen molar-refractivity contribution in [1.29, 1.82) is 0 Å². The summed E-state index contributed by atoms with van der Waals surface area (Å²) in [7, 11) is 1.69. The summed E-state index contributed by atoms with van der Waals surface area (Å²) in [6.45, 7) is 9.07. The van der Waals surface area contributed by atoms with Crippen molar-refractivity contribution in [3.05, 3.63) is 96.6 Å². The molecule has 1 unspecified atom stereocenters. The first-order valence-corrected chi connectivity index (χ1v) is 21.2. The minimum absolute atomic E-state index is 0.00190. The molecule has 0 radical (unpaired) electrons. The number of allylic oxidation sites excluding steroid dienone is 1. The predicted molar refractivity (Wildman–Crippen MR) is 223 cm³/mol. The molecule has 6 rings (SSSR count). The number of fused-ring (bicyclic) bond motifs is 2. The maximum absolute atomic E-state index is 13.9. The van der Waals surface area contributed by atoms with Gasteiger partial charge >= 0.3 is 12.2 Å². The number of hydrogen-bond acceptors (Lipinski definition) is 11. The quantitative estimate of drug-likeness (QED) is 0.0685.